The third-order valence-corrected chi connectivity index (χ3v) is 2.05. The largest absolute Gasteiger partial charge is 0.277 e. The fourth-order valence-electron chi connectivity index (χ4n) is 0.970. The Morgan fingerprint density at radius 2 is 2.08 bits per heavy atom. The average Bonchev–Trinajstić information content (AvgIpc) is 2.09. The fourth-order valence-corrected chi connectivity index (χ4v) is 0.970. The van der Waals surface area contributed by atoms with E-state index in [1.54, 1.807) is 0 Å². The van der Waals surface area contributed by atoms with Crippen LogP contribution in [0, 0.1) is 16.7 Å². The number of amides is 1. The molecule has 1 amide bonds. The Morgan fingerprint density at radius 1 is 1.58 bits per heavy atom. The van der Waals surface area contributed by atoms with E-state index in [2.05, 4.69) is 10.3 Å². The second-order valence-corrected chi connectivity index (χ2v) is 2.54. The van der Waals surface area contributed by atoms with Gasteiger partial charge in [0.05, 0.1) is 13.2 Å². The second kappa shape index (κ2) is 4.73. The van der Waals surface area contributed by atoms with E-state index in [9.17, 15) is 4.79 Å². The summed E-state index contributed by atoms with van der Waals surface area (Å²) in [7, 11) is 1.35. The molecule has 0 heterocycles. The van der Waals surface area contributed by atoms with Gasteiger partial charge in [0.25, 0.3) is 5.91 Å². The van der Waals surface area contributed by atoms with Gasteiger partial charge >= 0.3 is 0 Å². The standard InChI is InChI=1S/C8H14N2O2/c1-4-8(5-2,6-9)7(11)10-12-3/h4-5H2,1-3H3,(H,10,11). The van der Waals surface area contributed by atoms with E-state index in [4.69, 9.17) is 5.26 Å². The lowest BCUT2D eigenvalue weighted by molar-refractivity contribution is -0.139. The van der Waals surface area contributed by atoms with Crippen LogP contribution in [0.1, 0.15) is 26.7 Å². The van der Waals surface area contributed by atoms with Crippen LogP contribution in [0.2, 0.25) is 0 Å². The zero-order chi connectivity index (χ0) is 9.61. The average molecular weight is 170 g/mol. The molecule has 68 valence electrons. The third-order valence-electron chi connectivity index (χ3n) is 2.05. The lowest BCUT2D eigenvalue weighted by Crippen LogP contribution is -2.38. The highest BCUT2D eigenvalue weighted by molar-refractivity contribution is 5.84. The quantitative estimate of drug-likeness (QED) is 0.640. The van der Waals surface area contributed by atoms with Crippen molar-refractivity contribution < 1.29 is 9.63 Å². The van der Waals surface area contributed by atoms with Gasteiger partial charge in [-0.25, -0.2) is 5.48 Å². The number of hydrogen-bond acceptors (Lipinski definition) is 3. The van der Waals surface area contributed by atoms with Gasteiger partial charge in [-0.05, 0) is 12.8 Å². The lowest BCUT2D eigenvalue weighted by Gasteiger charge is -2.20. The highest BCUT2D eigenvalue weighted by Crippen LogP contribution is 2.25. The minimum atomic E-state index is -0.935. The number of carbonyl (C=O) groups is 1. The smallest absolute Gasteiger partial charge is 0.263 e. The van der Waals surface area contributed by atoms with Gasteiger partial charge in [-0.1, -0.05) is 13.8 Å². The van der Waals surface area contributed by atoms with Crippen LogP contribution in [0.15, 0.2) is 0 Å². The number of nitrogens with one attached hydrogen (secondary N) is 1. The number of hydrogen-bond donors (Lipinski definition) is 1. The first kappa shape index (κ1) is 10.9. The Labute approximate surface area is 72.5 Å². The van der Waals surface area contributed by atoms with Crippen molar-refractivity contribution in [1.82, 2.24) is 5.48 Å². The Morgan fingerprint density at radius 3 is 2.33 bits per heavy atom. The molecule has 4 heteroatoms. The second-order valence-electron chi connectivity index (χ2n) is 2.54. The minimum Gasteiger partial charge on any atom is -0.277 e. The molecular formula is C8H14N2O2. The molecule has 0 aromatic carbocycles. The van der Waals surface area contributed by atoms with Crippen molar-refractivity contribution in [2.75, 3.05) is 7.11 Å². The summed E-state index contributed by atoms with van der Waals surface area (Å²) in [6.45, 7) is 3.62. The molecule has 0 aliphatic heterocycles. The molecule has 0 aromatic rings. The van der Waals surface area contributed by atoms with Gasteiger partial charge < -0.3 is 0 Å². The summed E-state index contributed by atoms with van der Waals surface area (Å²) in [5.41, 5.74) is 1.24. The van der Waals surface area contributed by atoms with Crippen LogP contribution in [-0.2, 0) is 9.63 Å². The molecule has 0 saturated heterocycles. The van der Waals surface area contributed by atoms with Gasteiger partial charge in [-0.2, -0.15) is 5.26 Å². The maximum Gasteiger partial charge on any atom is 0.263 e. The van der Waals surface area contributed by atoms with Gasteiger partial charge in [0.15, 0.2) is 0 Å². The van der Waals surface area contributed by atoms with Crippen molar-refractivity contribution in [3.8, 4) is 6.07 Å². The summed E-state index contributed by atoms with van der Waals surface area (Å²) >= 11 is 0. The zero-order valence-electron chi connectivity index (χ0n) is 7.68. The molecule has 0 aromatic heterocycles. The maximum atomic E-state index is 11.3. The van der Waals surface area contributed by atoms with Crippen molar-refractivity contribution in [1.29, 1.82) is 5.26 Å². The van der Waals surface area contributed by atoms with Crippen LogP contribution >= 0.6 is 0 Å². The highest BCUT2D eigenvalue weighted by Gasteiger charge is 2.34. The predicted octanol–water partition coefficient (Wildman–Crippen LogP) is 0.994. The molecule has 0 rings (SSSR count). The summed E-state index contributed by atoms with van der Waals surface area (Å²) < 4.78 is 0. The molecule has 0 radical (unpaired) electrons. The molecule has 4 nitrogen and oxygen atoms in total. The van der Waals surface area contributed by atoms with E-state index in [1.807, 2.05) is 19.9 Å². The van der Waals surface area contributed by atoms with Crippen LogP contribution in [0.3, 0.4) is 0 Å². The Balaban J connectivity index is 4.51. The van der Waals surface area contributed by atoms with E-state index in [-0.39, 0.29) is 5.91 Å². The first-order chi connectivity index (χ1) is 5.66. The number of carbonyl (C=O) groups excluding carboxylic acids is 1. The SMILES string of the molecule is CCC(C#N)(CC)C(=O)NOC. The van der Waals surface area contributed by atoms with Crippen LogP contribution in [-0.4, -0.2) is 13.0 Å². The summed E-state index contributed by atoms with van der Waals surface area (Å²) in [5.74, 6) is -0.363. The normalized spacial score (nSPS) is 10.5. The third kappa shape index (κ3) is 1.95. The van der Waals surface area contributed by atoms with E-state index in [0.29, 0.717) is 12.8 Å². The molecule has 0 unspecified atom stereocenters. The van der Waals surface area contributed by atoms with Crippen molar-refractivity contribution in [2.45, 2.75) is 26.7 Å². The van der Waals surface area contributed by atoms with Crippen molar-refractivity contribution in [2.24, 2.45) is 5.41 Å². The maximum absolute atomic E-state index is 11.3. The first-order valence-electron chi connectivity index (χ1n) is 3.91. The highest BCUT2D eigenvalue weighted by atomic mass is 16.6. The van der Waals surface area contributed by atoms with Crippen molar-refractivity contribution >= 4 is 5.91 Å². The molecule has 1 N–H and O–H groups in total. The molecule has 0 aliphatic rings. The van der Waals surface area contributed by atoms with Gasteiger partial charge in [0.2, 0.25) is 0 Å². The van der Waals surface area contributed by atoms with E-state index in [0.717, 1.165) is 0 Å². The summed E-state index contributed by atoms with van der Waals surface area (Å²) in [6.07, 6.45) is 0.990. The summed E-state index contributed by atoms with van der Waals surface area (Å²) in [5, 5.41) is 8.81. The van der Waals surface area contributed by atoms with Crippen LogP contribution < -0.4 is 5.48 Å². The zero-order valence-corrected chi connectivity index (χ0v) is 7.68. The molecule has 0 atom stereocenters. The molecule has 0 spiro atoms. The van der Waals surface area contributed by atoms with Crippen molar-refractivity contribution in [3.63, 3.8) is 0 Å². The molecular weight excluding hydrogens is 156 g/mol. The number of rotatable bonds is 4. The van der Waals surface area contributed by atoms with Gasteiger partial charge in [-0.3, -0.25) is 9.63 Å². The van der Waals surface area contributed by atoms with E-state index >= 15 is 0 Å². The summed E-state index contributed by atoms with van der Waals surface area (Å²) in [6, 6.07) is 2.01. The number of hydroxylamine groups is 1. The molecule has 0 bridgehead atoms. The lowest BCUT2D eigenvalue weighted by atomic mass is 9.83. The number of nitrogens with zero attached hydrogens (tertiary/aromatic N) is 1. The predicted molar refractivity (Wildman–Crippen MR) is 43.8 cm³/mol. The molecule has 0 aliphatic carbocycles. The van der Waals surface area contributed by atoms with Gasteiger partial charge in [-0.15, -0.1) is 0 Å². The van der Waals surface area contributed by atoms with Crippen LogP contribution in [0.25, 0.3) is 0 Å². The van der Waals surface area contributed by atoms with Crippen LogP contribution in [0.5, 0.6) is 0 Å². The molecule has 0 fully saturated rings. The Kier molecular flexibility index (Phi) is 4.30. The van der Waals surface area contributed by atoms with E-state index in [1.165, 1.54) is 7.11 Å². The fraction of sp³-hybridized carbons (Fsp3) is 0.750. The topological polar surface area (TPSA) is 62.1 Å². The first-order valence-corrected chi connectivity index (χ1v) is 3.91. The molecule has 0 saturated carbocycles. The van der Waals surface area contributed by atoms with Crippen LogP contribution in [0.4, 0.5) is 0 Å². The Hall–Kier alpha value is -1.08. The Bertz CT molecular complexity index is 192. The van der Waals surface area contributed by atoms with E-state index < -0.39 is 5.41 Å². The van der Waals surface area contributed by atoms with Gasteiger partial charge in [0.1, 0.15) is 5.41 Å². The van der Waals surface area contributed by atoms with Gasteiger partial charge in [0, 0.05) is 0 Å². The minimum absolute atomic E-state index is 0.363. The monoisotopic (exact) mass is 170 g/mol. The summed E-state index contributed by atoms with van der Waals surface area (Å²) in [4.78, 5) is 15.8. The van der Waals surface area contributed by atoms with Crippen molar-refractivity contribution in [3.05, 3.63) is 0 Å². The molecule has 12 heavy (non-hydrogen) atoms. The number of nitriles is 1.